The highest BCUT2D eigenvalue weighted by Crippen LogP contribution is 2.36. The van der Waals surface area contributed by atoms with Crippen molar-refractivity contribution in [1.82, 2.24) is 0 Å². The highest BCUT2D eigenvalue weighted by atomic mass is 16.5. The fourth-order valence-electron chi connectivity index (χ4n) is 2.34. The van der Waals surface area contributed by atoms with E-state index in [2.05, 4.69) is 0 Å². The van der Waals surface area contributed by atoms with Gasteiger partial charge in [-0.1, -0.05) is 13.0 Å². The molecule has 2 atom stereocenters. The molecule has 0 fully saturated rings. The lowest BCUT2D eigenvalue weighted by Crippen LogP contribution is -2.46. The summed E-state index contributed by atoms with van der Waals surface area (Å²) in [6.45, 7) is 4.38. The SMILES string of the molecule is CCC1Oc2ccc(C(C)N)cc2N(CCCO)C1=O. The summed E-state index contributed by atoms with van der Waals surface area (Å²) in [6.07, 6.45) is 0.731. The second kappa shape index (κ2) is 6.24. The third-order valence-corrected chi connectivity index (χ3v) is 3.52. The predicted molar refractivity (Wildman–Crippen MR) is 77.8 cm³/mol. The molecular weight excluding hydrogens is 256 g/mol. The monoisotopic (exact) mass is 278 g/mol. The number of carbonyl (C=O) groups is 1. The lowest BCUT2D eigenvalue weighted by Gasteiger charge is -2.34. The van der Waals surface area contributed by atoms with Crippen LogP contribution < -0.4 is 15.4 Å². The molecule has 2 unspecified atom stereocenters. The second-order valence-corrected chi connectivity index (χ2v) is 5.10. The van der Waals surface area contributed by atoms with Crippen molar-refractivity contribution < 1.29 is 14.6 Å². The van der Waals surface area contributed by atoms with Crippen LogP contribution in [0.15, 0.2) is 18.2 Å². The molecule has 0 saturated carbocycles. The highest BCUT2D eigenvalue weighted by Gasteiger charge is 2.33. The van der Waals surface area contributed by atoms with Crippen molar-refractivity contribution in [2.24, 2.45) is 5.73 Å². The van der Waals surface area contributed by atoms with Crippen LogP contribution in [0, 0.1) is 0 Å². The van der Waals surface area contributed by atoms with Crippen LogP contribution in [0.1, 0.15) is 38.3 Å². The van der Waals surface area contributed by atoms with Crippen molar-refractivity contribution in [2.45, 2.75) is 38.8 Å². The maximum Gasteiger partial charge on any atom is 0.268 e. The molecule has 3 N–H and O–H groups in total. The first-order valence-corrected chi connectivity index (χ1v) is 7.07. The van der Waals surface area contributed by atoms with E-state index in [0.717, 1.165) is 11.3 Å². The molecule has 1 aliphatic heterocycles. The van der Waals surface area contributed by atoms with E-state index in [1.165, 1.54) is 0 Å². The number of nitrogens with zero attached hydrogens (tertiary/aromatic N) is 1. The number of benzene rings is 1. The average Bonchev–Trinajstić information content (AvgIpc) is 2.45. The summed E-state index contributed by atoms with van der Waals surface area (Å²) in [5.41, 5.74) is 7.61. The van der Waals surface area contributed by atoms with Gasteiger partial charge in [0.15, 0.2) is 6.10 Å². The second-order valence-electron chi connectivity index (χ2n) is 5.10. The molecule has 0 aromatic heterocycles. The summed E-state index contributed by atoms with van der Waals surface area (Å²) in [6, 6.07) is 5.60. The highest BCUT2D eigenvalue weighted by molar-refractivity contribution is 6.00. The number of hydrogen-bond acceptors (Lipinski definition) is 4. The van der Waals surface area contributed by atoms with Crippen molar-refractivity contribution in [3.8, 4) is 5.75 Å². The molecule has 1 amide bonds. The minimum Gasteiger partial charge on any atom is -0.478 e. The standard InChI is InChI=1S/C15H22N2O3/c1-3-13-15(19)17(7-4-8-18)12-9-11(10(2)16)5-6-14(12)20-13/h5-6,9-10,13,18H,3-4,7-8,16H2,1-2H3. The molecule has 1 heterocycles. The Kier molecular flexibility index (Phi) is 4.62. The zero-order chi connectivity index (χ0) is 14.7. The van der Waals surface area contributed by atoms with Crippen molar-refractivity contribution in [1.29, 1.82) is 0 Å². The number of rotatable bonds is 5. The minimum absolute atomic E-state index is 0.0460. The number of amides is 1. The van der Waals surface area contributed by atoms with Gasteiger partial charge in [0.25, 0.3) is 5.91 Å². The van der Waals surface area contributed by atoms with Gasteiger partial charge < -0.3 is 20.5 Å². The fourth-order valence-corrected chi connectivity index (χ4v) is 2.34. The van der Waals surface area contributed by atoms with Crippen LogP contribution in [0.4, 0.5) is 5.69 Å². The van der Waals surface area contributed by atoms with E-state index >= 15 is 0 Å². The summed E-state index contributed by atoms with van der Waals surface area (Å²) >= 11 is 0. The molecule has 5 nitrogen and oxygen atoms in total. The van der Waals surface area contributed by atoms with Crippen molar-refractivity contribution >= 4 is 11.6 Å². The fraction of sp³-hybridized carbons (Fsp3) is 0.533. The van der Waals surface area contributed by atoms with Gasteiger partial charge in [0.2, 0.25) is 0 Å². The maximum atomic E-state index is 12.4. The van der Waals surface area contributed by atoms with Crippen LogP contribution >= 0.6 is 0 Å². The van der Waals surface area contributed by atoms with E-state index in [9.17, 15) is 4.79 Å². The van der Waals surface area contributed by atoms with E-state index in [1.54, 1.807) is 4.90 Å². The summed E-state index contributed by atoms with van der Waals surface area (Å²) in [5, 5.41) is 9.01. The van der Waals surface area contributed by atoms with Gasteiger partial charge in [-0.3, -0.25) is 4.79 Å². The number of anilines is 1. The first-order valence-electron chi connectivity index (χ1n) is 7.07. The summed E-state index contributed by atoms with van der Waals surface area (Å²) in [5.74, 6) is 0.661. The van der Waals surface area contributed by atoms with Gasteiger partial charge in [-0.15, -0.1) is 0 Å². The quantitative estimate of drug-likeness (QED) is 0.857. The van der Waals surface area contributed by atoms with Crippen molar-refractivity contribution in [3.05, 3.63) is 23.8 Å². The first-order chi connectivity index (χ1) is 9.58. The first kappa shape index (κ1) is 14.8. The molecule has 0 aliphatic carbocycles. The molecule has 5 heteroatoms. The van der Waals surface area contributed by atoms with Gasteiger partial charge in [-0.25, -0.2) is 0 Å². The molecular formula is C15H22N2O3. The molecule has 0 spiro atoms. The normalized spacial score (nSPS) is 19.5. The molecule has 2 rings (SSSR count). The Morgan fingerprint density at radius 2 is 2.25 bits per heavy atom. The number of carbonyl (C=O) groups excluding carboxylic acids is 1. The lowest BCUT2D eigenvalue weighted by molar-refractivity contribution is -0.126. The van der Waals surface area contributed by atoms with Crippen molar-refractivity contribution in [2.75, 3.05) is 18.1 Å². The molecule has 110 valence electrons. The minimum atomic E-state index is -0.442. The number of nitrogens with two attached hydrogens (primary N) is 1. The van der Waals surface area contributed by atoms with Crippen LogP contribution in [-0.2, 0) is 4.79 Å². The van der Waals surface area contributed by atoms with Gasteiger partial charge in [0.1, 0.15) is 5.75 Å². The van der Waals surface area contributed by atoms with E-state index in [-0.39, 0.29) is 18.6 Å². The lowest BCUT2D eigenvalue weighted by atomic mass is 10.0. The Morgan fingerprint density at radius 1 is 1.50 bits per heavy atom. The molecule has 0 radical (unpaired) electrons. The van der Waals surface area contributed by atoms with E-state index in [1.807, 2.05) is 32.0 Å². The van der Waals surface area contributed by atoms with Gasteiger partial charge >= 0.3 is 0 Å². The van der Waals surface area contributed by atoms with Crippen LogP contribution in [0.25, 0.3) is 0 Å². The molecule has 20 heavy (non-hydrogen) atoms. The predicted octanol–water partition coefficient (Wildman–Crippen LogP) is 1.59. The third kappa shape index (κ3) is 2.78. The average molecular weight is 278 g/mol. The Morgan fingerprint density at radius 3 is 2.85 bits per heavy atom. The Balaban J connectivity index is 2.39. The third-order valence-electron chi connectivity index (χ3n) is 3.52. The zero-order valence-corrected chi connectivity index (χ0v) is 12.0. The van der Waals surface area contributed by atoms with Gasteiger partial charge in [-0.2, -0.15) is 0 Å². The number of hydrogen-bond donors (Lipinski definition) is 2. The van der Waals surface area contributed by atoms with Gasteiger partial charge in [0, 0.05) is 19.2 Å². The van der Waals surface area contributed by atoms with E-state index in [4.69, 9.17) is 15.6 Å². The molecule has 0 bridgehead atoms. The van der Waals surface area contributed by atoms with Gasteiger partial charge in [0.05, 0.1) is 5.69 Å². The summed E-state index contributed by atoms with van der Waals surface area (Å²) in [7, 11) is 0. The number of ether oxygens (including phenoxy) is 1. The van der Waals surface area contributed by atoms with Crippen molar-refractivity contribution in [3.63, 3.8) is 0 Å². The van der Waals surface area contributed by atoms with Crippen LogP contribution in [0.5, 0.6) is 5.75 Å². The Bertz CT molecular complexity index is 488. The molecule has 0 saturated heterocycles. The number of aliphatic hydroxyl groups excluding tert-OH is 1. The Hall–Kier alpha value is -1.59. The maximum absolute atomic E-state index is 12.4. The summed E-state index contributed by atoms with van der Waals surface area (Å²) in [4.78, 5) is 14.1. The van der Waals surface area contributed by atoms with Gasteiger partial charge in [-0.05, 0) is 37.5 Å². The molecule has 1 aromatic rings. The Labute approximate surface area is 119 Å². The number of fused-ring (bicyclic) bond motifs is 1. The van der Waals surface area contributed by atoms with Crippen LogP contribution in [-0.4, -0.2) is 30.3 Å². The smallest absolute Gasteiger partial charge is 0.268 e. The van der Waals surface area contributed by atoms with E-state index < -0.39 is 6.10 Å². The molecule has 1 aliphatic rings. The van der Waals surface area contributed by atoms with Crippen LogP contribution in [0.2, 0.25) is 0 Å². The number of aliphatic hydroxyl groups is 1. The summed E-state index contributed by atoms with van der Waals surface area (Å²) < 4.78 is 5.74. The largest absolute Gasteiger partial charge is 0.478 e. The van der Waals surface area contributed by atoms with E-state index in [0.29, 0.717) is 25.1 Å². The van der Waals surface area contributed by atoms with Crippen LogP contribution in [0.3, 0.4) is 0 Å². The molecule has 1 aromatic carbocycles. The topological polar surface area (TPSA) is 75.8 Å². The zero-order valence-electron chi connectivity index (χ0n) is 12.0.